The minimum absolute atomic E-state index is 0.481. The largest absolute Gasteiger partial charge is 0.444 e. The highest BCUT2D eigenvalue weighted by Gasteiger charge is 2.26. The predicted molar refractivity (Wildman–Crippen MR) is 68.9 cm³/mol. The van der Waals surface area contributed by atoms with E-state index in [0.717, 1.165) is 30.4 Å². The van der Waals surface area contributed by atoms with Gasteiger partial charge in [0, 0.05) is 6.54 Å². The van der Waals surface area contributed by atoms with Gasteiger partial charge in [0.15, 0.2) is 0 Å². The summed E-state index contributed by atoms with van der Waals surface area (Å²) >= 11 is 0. The number of rotatable bonds is 4. The highest BCUT2D eigenvalue weighted by molar-refractivity contribution is 5.05. The Hall–Kier alpha value is -0.830. The van der Waals surface area contributed by atoms with Crippen molar-refractivity contribution in [3.63, 3.8) is 0 Å². The Bertz CT molecular complexity index is 345. The standard InChI is InChI=1S/C14H24N2O/c1-11-12(2)17-13(16-11)9-15-10-14(3)7-5-4-6-8-14/h15H,4-10H2,1-3H3. The minimum Gasteiger partial charge on any atom is -0.444 e. The molecule has 0 atom stereocenters. The van der Waals surface area contributed by atoms with Crippen molar-refractivity contribution < 1.29 is 4.42 Å². The van der Waals surface area contributed by atoms with Crippen LogP contribution in [0.2, 0.25) is 0 Å². The van der Waals surface area contributed by atoms with Crippen LogP contribution in [0.25, 0.3) is 0 Å². The van der Waals surface area contributed by atoms with E-state index in [1.165, 1.54) is 32.1 Å². The average Bonchev–Trinajstić information content (AvgIpc) is 2.59. The Morgan fingerprint density at radius 3 is 2.53 bits per heavy atom. The monoisotopic (exact) mass is 236 g/mol. The van der Waals surface area contributed by atoms with E-state index < -0.39 is 0 Å². The summed E-state index contributed by atoms with van der Waals surface area (Å²) < 4.78 is 5.56. The van der Waals surface area contributed by atoms with Gasteiger partial charge in [0.25, 0.3) is 0 Å². The van der Waals surface area contributed by atoms with E-state index in [0.29, 0.717) is 5.41 Å². The van der Waals surface area contributed by atoms with Crippen LogP contribution in [0.1, 0.15) is 56.4 Å². The number of aromatic nitrogens is 1. The normalized spacial score (nSPS) is 19.5. The quantitative estimate of drug-likeness (QED) is 0.871. The molecule has 0 aliphatic heterocycles. The van der Waals surface area contributed by atoms with Crippen molar-refractivity contribution in [3.8, 4) is 0 Å². The Morgan fingerprint density at radius 1 is 1.24 bits per heavy atom. The van der Waals surface area contributed by atoms with Gasteiger partial charge in [-0.2, -0.15) is 0 Å². The fourth-order valence-electron chi connectivity index (χ4n) is 2.67. The average molecular weight is 236 g/mol. The van der Waals surface area contributed by atoms with Crippen LogP contribution in [0.15, 0.2) is 4.42 Å². The van der Waals surface area contributed by atoms with E-state index in [1.807, 2.05) is 13.8 Å². The summed E-state index contributed by atoms with van der Waals surface area (Å²) in [7, 11) is 0. The molecule has 17 heavy (non-hydrogen) atoms. The van der Waals surface area contributed by atoms with Crippen molar-refractivity contribution in [2.45, 2.75) is 59.4 Å². The molecule has 0 unspecified atom stereocenters. The number of nitrogens with zero attached hydrogens (tertiary/aromatic N) is 1. The third-order valence-electron chi connectivity index (χ3n) is 3.96. The summed E-state index contributed by atoms with van der Waals surface area (Å²) in [6, 6.07) is 0. The van der Waals surface area contributed by atoms with Gasteiger partial charge in [-0.15, -0.1) is 0 Å². The first-order valence-electron chi connectivity index (χ1n) is 6.73. The van der Waals surface area contributed by atoms with Crippen LogP contribution < -0.4 is 5.32 Å². The first-order valence-corrected chi connectivity index (χ1v) is 6.73. The van der Waals surface area contributed by atoms with Gasteiger partial charge >= 0.3 is 0 Å². The highest BCUT2D eigenvalue weighted by Crippen LogP contribution is 2.34. The zero-order valence-electron chi connectivity index (χ0n) is 11.3. The maximum Gasteiger partial charge on any atom is 0.208 e. The number of aryl methyl sites for hydroxylation is 2. The van der Waals surface area contributed by atoms with Gasteiger partial charge < -0.3 is 9.73 Å². The molecule has 0 aromatic carbocycles. The topological polar surface area (TPSA) is 38.1 Å². The minimum atomic E-state index is 0.481. The molecule has 96 valence electrons. The van der Waals surface area contributed by atoms with Crippen LogP contribution in [-0.2, 0) is 6.54 Å². The van der Waals surface area contributed by atoms with Crippen molar-refractivity contribution in [3.05, 3.63) is 17.3 Å². The van der Waals surface area contributed by atoms with Crippen molar-refractivity contribution in [2.75, 3.05) is 6.54 Å². The SMILES string of the molecule is Cc1nc(CNCC2(C)CCCCC2)oc1C. The zero-order chi connectivity index (χ0) is 12.3. The summed E-state index contributed by atoms with van der Waals surface area (Å²) in [6.45, 7) is 8.18. The second-order valence-corrected chi connectivity index (χ2v) is 5.72. The van der Waals surface area contributed by atoms with E-state index in [-0.39, 0.29) is 0 Å². The van der Waals surface area contributed by atoms with Gasteiger partial charge in [-0.25, -0.2) is 4.98 Å². The Balaban J connectivity index is 1.78. The molecule has 0 amide bonds. The number of oxazole rings is 1. The van der Waals surface area contributed by atoms with E-state index >= 15 is 0 Å². The molecule has 1 N–H and O–H groups in total. The first kappa shape index (κ1) is 12.6. The molecule has 3 nitrogen and oxygen atoms in total. The maximum absolute atomic E-state index is 5.56. The molecule has 0 saturated heterocycles. The second-order valence-electron chi connectivity index (χ2n) is 5.72. The Kier molecular flexibility index (Phi) is 3.87. The van der Waals surface area contributed by atoms with E-state index in [2.05, 4.69) is 17.2 Å². The molecule has 0 spiro atoms. The van der Waals surface area contributed by atoms with E-state index in [9.17, 15) is 0 Å². The molecule has 2 rings (SSSR count). The fraction of sp³-hybridized carbons (Fsp3) is 0.786. The molecule has 1 aliphatic carbocycles. The lowest BCUT2D eigenvalue weighted by Crippen LogP contribution is -2.33. The third kappa shape index (κ3) is 3.32. The van der Waals surface area contributed by atoms with Crippen molar-refractivity contribution in [1.29, 1.82) is 0 Å². The van der Waals surface area contributed by atoms with Crippen LogP contribution in [-0.4, -0.2) is 11.5 Å². The molecule has 3 heteroatoms. The second kappa shape index (κ2) is 5.21. The predicted octanol–water partition coefficient (Wildman–Crippen LogP) is 3.35. The number of hydrogen-bond donors (Lipinski definition) is 1. The molecular weight excluding hydrogens is 212 g/mol. The summed E-state index contributed by atoms with van der Waals surface area (Å²) in [4.78, 5) is 4.39. The van der Waals surface area contributed by atoms with Gasteiger partial charge in [-0.1, -0.05) is 26.2 Å². The lowest BCUT2D eigenvalue weighted by molar-refractivity contribution is 0.205. The van der Waals surface area contributed by atoms with Crippen molar-refractivity contribution in [2.24, 2.45) is 5.41 Å². The summed E-state index contributed by atoms with van der Waals surface area (Å²) in [5, 5.41) is 3.50. The van der Waals surface area contributed by atoms with E-state index in [4.69, 9.17) is 4.42 Å². The molecule has 1 aliphatic rings. The van der Waals surface area contributed by atoms with Crippen LogP contribution >= 0.6 is 0 Å². The lowest BCUT2D eigenvalue weighted by atomic mass is 9.76. The van der Waals surface area contributed by atoms with Crippen LogP contribution in [0.5, 0.6) is 0 Å². The van der Waals surface area contributed by atoms with Gasteiger partial charge in [0.1, 0.15) is 5.76 Å². The van der Waals surface area contributed by atoms with Gasteiger partial charge in [0.05, 0.1) is 12.2 Å². The fourth-order valence-corrected chi connectivity index (χ4v) is 2.67. The zero-order valence-corrected chi connectivity index (χ0v) is 11.3. The molecule has 1 fully saturated rings. The van der Waals surface area contributed by atoms with Gasteiger partial charge in [0.2, 0.25) is 5.89 Å². The third-order valence-corrected chi connectivity index (χ3v) is 3.96. The number of hydrogen-bond acceptors (Lipinski definition) is 3. The molecular formula is C14H24N2O. The summed E-state index contributed by atoms with van der Waals surface area (Å²) in [5.74, 6) is 1.75. The smallest absolute Gasteiger partial charge is 0.208 e. The first-order chi connectivity index (χ1) is 8.09. The summed E-state index contributed by atoms with van der Waals surface area (Å²) in [6.07, 6.45) is 6.88. The molecule has 0 radical (unpaired) electrons. The van der Waals surface area contributed by atoms with Crippen LogP contribution in [0.4, 0.5) is 0 Å². The van der Waals surface area contributed by atoms with Gasteiger partial charge in [-0.3, -0.25) is 0 Å². The molecule has 1 aromatic rings. The Morgan fingerprint density at radius 2 is 1.94 bits per heavy atom. The molecule has 1 heterocycles. The highest BCUT2D eigenvalue weighted by atomic mass is 16.4. The van der Waals surface area contributed by atoms with Crippen molar-refractivity contribution >= 4 is 0 Å². The van der Waals surface area contributed by atoms with Crippen molar-refractivity contribution in [1.82, 2.24) is 10.3 Å². The molecule has 1 aromatic heterocycles. The maximum atomic E-state index is 5.56. The number of nitrogens with one attached hydrogen (secondary N) is 1. The van der Waals surface area contributed by atoms with E-state index in [1.54, 1.807) is 0 Å². The van der Waals surface area contributed by atoms with Crippen LogP contribution in [0, 0.1) is 19.3 Å². The van der Waals surface area contributed by atoms with Gasteiger partial charge in [-0.05, 0) is 32.1 Å². The Labute approximate surface area is 104 Å². The summed E-state index contributed by atoms with van der Waals surface area (Å²) in [5.41, 5.74) is 1.49. The lowest BCUT2D eigenvalue weighted by Gasteiger charge is -2.33. The molecule has 0 bridgehead atoms. The molecule has 1 saturated carbocycles. The van der Waals surface area contributed by atoms with Crippen LogP contribution in [0.3, 0.4) is 0 Å².